The minimum absolute atomic E-state index is 0.265. The number of nitrogens with zero attached hydrogens (tertiary/aromatic N) is 1. The van der Waals surface area contributed by atoms with Crippen LogP contribution >= 0.6 is 0 Å². The molecule has 1 N–H and O–H groups in total. The highest BCUT2D eigenvalue weighted by molar-refractivity contribution is 6.46. The Morgan fingerprint density at radius 1 is 0.793 bits per heavy atom. The number of carbonyl (C=O) groups is 2. The van der Waals surface area contributed by atoms with E-state index < -0.39 is 0 Å². The van der Waals surface area contributed by atoms with Crippen LogP contribution in [0.25, 0.3) is 5.57 Å². The van der Waals surface area contributed by atoms with Crippen molar-refractivity contribution < 1.29 is 14.3 Å². The molecule has 0 spiro atoms. The summed E-state index contributed by atoms with van der Waals surface area (Å²) in [5.74, 6) is -0.0948. The van der Waals surface area contributed by atoms with E-state index in [0.29, 0.717) is 22.6 Å². The second-order valence-electron chi connectivity index (χ2n) is 6.75. The van der Waals surface area contributed by atoms with E-state index in [2.05, 4.69) is 5.32 Å². The molecular weight excluding hydrogens is 364 g/mol. The zero-order valence-electron chi connectivity index (χ0n) is 16.2. The van der Waals surface area contributed by atoms with Gasteiger partial charge >= 0.3 is 0 Å². The highest BCUT2D eigenvalue weighted by Crippen LogP contribution is 2.34. The van der Waals surface area contributed by atoms with Gasteiger partial charge in [-0.2, -0.15) is 0 Å². The lowest BCUT2D eigenvalue weighted by molar-refractivity contribution is -0.120. The number of amides is 2. The number of nitrogens with one attached hydrogen (secondary N) is 1. The smallest absolute Gasteiger partial charge is 0.282 e. The molecule has 1 heterocycles. The zero-order valence-corrected chi connectivity index (χ0v) is 16.2. The highest BCUT2D eigenvalue weighted by atomic mass is 16.5. The van der Waals surface area contributed by atoms with Gasteiger partial charge in [0.2, 0.25) is 0 Å². The minimum Gasteiger partial charge on any atom is -0.497 e. The molecule has 0 radical (unpaired) electrons. The van der Waals surface area contributed by atoms with Crippen molar-refractivity contribution in [3.8, 4) is 5.75 Å². The number of ether oxygens (including phenoxy) is 1. The van der Waals surface area contributed by atoms with Crippen LogP contribution in [0.5, 0.6) is 5.75 Å². The molecule has 3 aromatic rings. The second-order valence-corrected chi connectivity index (χ2v) is 6.75. The quantitative estimate of drug-likeness (QED) is 0.663. The van der Waals surface area contributed by atoms with Gasteiger partial charge in [-0.3, -0.25) is 9.59 Å². The number of hydrogen-bond acceptors (Lipinski definition) is 4. The Kier molecular flexibility index (Phi) is 4.87. The first kappa shape index (κ1) is 18.5. The first-order valence-corrected chi connectivity index (χ1v) is 9.24. The average molecular weight is 384 g/mol. The van der Waals surface area contributed by atoms with Gasteiger partial charge in [0.25, 0.3) is 11.8 Å². The van der Waals surface area contributed by atoms with Crippen LogP contribution in [0.15, 0.2) is 84.6 Å². The summed E-state index contributed by atoms with van der Waals surface area (Å²) in [6.07, 6.45) is 0. The van der Waals surface area contributed by atoms with Crippen LogP contribution in [0, 0.1) is 6.92 Å². The van der Waals surface area contributed by atoms with E-state index in [1.54, 1.807) is 31.4 Å². The predicted molar refractivity (Wildman–Crippen MR) is 114 cm³/mol. The number of rotatable bonds is 5. The van der Waals surface area contributed by atoms with Gasteiger partial charge in [-0.05, 0) is 48.9 Å². The zero-order chi connectivity index (χ0) is 20.4. The van der Waals surface area contributed by atoms with Crippen molar-refractivity contribution in [2.45, 2.75) is 6.92 Å². The molecule has 5 nitrogen and oxygen atoms in total. The summed E-state index contributed by atoms with van der Waals surface area (Å²) < 4.78 is 5.17. The lowest BCUT2D eigenvalue weighted by Gasteiger charge is -2.16. The van der Waals surface area contributed by atoms with Gasteiger partial charge < -0.3 is 10.1 Å². The monoisotopic (exact) mass is 384 g/mol. The molecule has 0 fully saturated rings. The average Bonchev–Trinajstić information content (AvgIpc) is 3.00. The van der Waals surface area contributed by atoms with Gasteiger partial charge in [-0.25, -0.2) is 4.90 Å². The molecular formula is C24H20N2O3. The number of carbonyl (C=O) groups excluding carboxylic acids is 2. The van der Waals surface area contributed by atoms with E-state index in [0.717, 1.165) is 11.3 Å². The van der Waals surface area contributed by atoms with Crippen LogP contribution in [0.1, 0.15) is 11.1 Å². The minimum atomic E-state index is -0.389. The number of benzene rings is 3. The van der Waals surface area contributed by atoms with Crippen LogP contribution in [0.4, 0.5) is 11.4 Å². The summed E-state index contributed by atoms with van der Waals surface area (Å²) in [4.78, 5) is 27.8. The van der Waals surface area contributed by atoms with Crippen molar-refractivity contribution >= 4 is 28.8 Å². The maximum atomic E-state index is 13.3. The van der Waals surface area contributed by atoms with Crippen LogP contribution in [-0.4, -0.2) is 18.9 Å². The van der Waals surface area contributed by atoms with Gasteiger partial charge in [0.05, 0.1) is 18.4 Å². The third-order valence-electron chi connectivity index (χ3n) is 4.80. The molecule has 144 valence electrons. The molecule has 0 aliphatic carbocycles. The molecule has 0 saturated heterocycles. The number of anilines is 2. The SMILES string of the molecule is COc1ccc(N2C(=O)C(Nc3ccc(C)cc3)=C(c3ccccc3)C2=O)cc1. The fourth-order valence-corrected chi connectivity index (χ4v) is 3.27. The summed E-state index contributed by atoms with van der Waals surface area (Å²) in [6, 6.07) is 23.8. The third-order valence-corrected chi connectivity index (χ3v) is 4.80. The summed E-state index contributed by atoms with van der Waals surface area (Å²) in [7, 11) is 1.57. The molecule has 2 amide bonds. The van der Waals surface area contributed by atoms with Crippen LogP contribution in [0.2, 0.25) is 0 Å². The van der Waals surface area contributed by atoms with E-state index in [-0.39, 0.29) is 17.5 Å². The Morgan fingerprint density at radius 3 is 2.07 bits per heavy atom. The molecule has 3 aromatic carbocycles. The Labute approximate surface area is 169 Å². The van der Waals surface area contributed by atoms with Crippen LogP contribution in [0.3, 0.4) is 0 Å². The summed E-state index contributed by atoms with van der Waals surface area (Å²) in [6.45, 7) is 1.99. The summed E-state index contributed by atoms with van der Waals surface area (Å²) in [5.41, 5.74) is 3.66. The van der Waals surface area contributed by atoms with Gasteiger partial charge in [0.15, 0.2) is 0 Å². The van der Waals surface area contributed by atoms with Crippen molar-refractivity contribution in [2.75, 3.05) is 17.3 Å². The highest BCUT2D eigenvalue weighted by Gasteiger charge is 2.40. The molecule has 0 unspecified atom stereocenters. The van der Waals surface area contributed by atoms with E-state index in [9.17, 15) is 9.59 Å². The normalized spacial score (nSPS) is 13.8. The molecule has 0 atom stereocenters. The van der Waals surface area contributed by atoms with Crippen molar-refractivity contribution in [1.82, 2.24) is 0 Å². The van der Waals surface area contributed by atoms with Gasteiger partial charge in [-0.15, -0.1) is 0 Å². The maximum absolute atomic E-state index is 13.3. The summed E-state index contributed by atoms with van der Waals surface area (Å²) >= 11 is 0. The van der Waals surface area contributed by atoms with Crippen molar-refractivity contribution in [1.29, 1.82) is 0 Å². The van der Waals surface area contributed by atoms with E-state index in [1.807, 2.05) is 61.5 Å². The Balaban J connectivity index is 1.78. The van der Waals surface area contributed by atoms with E-state index in [1.165, 1.54) is 4.90 Å². The fraction of sp³-hybridized carbons (Fsp3) is 0.0833. The van der Waals surface area contributed by atoms with Crippen LogP contribution < -0.4 is 15.0 Å². The molecule has 5 heteroatoms. The lowest BCUT2D eigenvalue weighted by Crippen LogP contribution is -2.32. The number of hydrogen-bond donors (Lipinski definition) is 1. The molecule has 0 bridgehead atoms. The van der Waals surface area contributed by atoms with E-state index >= 15 is 0 Å². The first-order valence-electron chi connectivity index (χ1n) is 9.24. The van der Waals surface area contributed by atoms with Gasteiger partial charge in [0, 0.05) is 5.69 Å². The Morgan fingerprint density at radius 2 is 1.45 bits per heavy atom. The largest absolute Gasteiger partial charge is 0.497 e. The van der Waals surface area contributed by atoms with E-state index in [4.69, 9.17) is 4.74 Å². The lowest BCUT2D eigenvalue weighted by atomic mass is 10.0. The topological polar surface area (TPSA) is 58.6 Å². The number of aryl methyl sites for hydroxylation is 1. The first-order chi connectivity index (χ1) is 14.1. The van der Waals surface area contributed by atoms with Crippen molar-refractivity contribution in [3.63, 3.8) is 0 Å². The Hall–Kier alpha value is -3.86. The molecule has 0 saturated carbocycles. The number of imide groups is 1. The number of methoxy groups -OCH3 is 1. The van der Waals surface area contributed by atoms with Crippen molar-refractivity contribution in [3.05, 3.63) is 95.7 Å². The maximum Gasteiger partial charge on any atom is 0.282 e. The van der Waals surface area contributed by atoms with Gasteiger partial charge in [-0.1, -0.05) is 48.0 Å². The molecule has 0 aromatic heterocycles. The van der Waals surface area contributed by atoms with Gasteiger partial charge in [0.1, 0.15) is 11.4 Å². The standard InChI is InChI=1S/C24H20N2O3/c1-16-8-10-18(11-9-16)25-22-21(17-6-4-3-5-7-17)23(27)26(24(22)28)19-12-14-20(29-2)15-13-19/h3-15,25H,1-2H3. The predicted octanol–water partition coefficient (Wildman–Crippen LogP) is 4.40. The summed E-state index contributed by atoms with van der Waals surface area (Å²) in [5, 5.41) is 3.16. The molecule has 1 aliphatic rings. The fourth-order valence-electron chi connectivity index (χ4n) is 3.27. The van der Waals surface area contributed by atoms with Crippen molar-refractivity contribution in [2.24, 2.45) is 0 Å². The third kappa shape index (κ3) is 3.50. The molecule has 29 heavy (non-hydrogen) atoms. The Bertz CT molecular complexity index is 1090. The molecule has 4 rings (SSSR count). The van der Waals surface area contributed by atoms with Crippen LogP contribution in [-0.2, 0) is 9.59 Å². The molecule has 1 aliphatic heterocycles. The second kappa shape index (κ2) is 7.64.